The van der Waals surface area contributed by atoms with Crippen molar-refractivity contribution in [1.29, 1.82) is 0 Å². The van der Waals surface area contributed by atoms with Crippen LogP contribution in [-0.2, 0) is 14.8 Å². The normalized spacial score (nSPS) is 13.1. The lowest BCUT2D eigenvalue weighted by Gasteiger charge is -2.25. The molecule has 1 atom stereocenters. The van der Waals surface area contributed by atoms with Gasteiger partial charge in [0.25, 0.3) is 0 Å². The number of hydrogen-bond acceptors (Lipinski definition) is 4. The summed E-state index contributed by atoms with van der Waals surface area (Å²) in [4.78, 5) is 22.1. The summed E-state index contributed by atoms with van der Waals surface area (Å²) in [5, 5.41) is 18.2. The molecule has 1 unspecified atom stereocenters. The smallest absolute Gasteiger partial charge is 0.335 e. The van der Waals surface area contributed by atoms with Gasteiger partial charge < -0.3 is 10.2 Å². The number of nitrogens with zero attached hydrogens (tertiary/aromatic N) is 1. The van der Waals surface area contributed by atoms with Gasteiger partial charge in [-0.3, -0.25) is 4.79 Å². The molecule has 0 spiro atoms. The van der Waals surface area contributed by atoms with E-state index in [-0.39, 0.29) is 17.0 Å². The summed E-state index contributed by atoms with van der Waals surface area (Å²) in [6, 6.07) is 1.30. The van der Waals surface area contributed by atoms with E-state index in [1.807, 2.05) is 0 Å². The van der Waals surface area contributed by atoms with Crippen LogP contribution in [-0.4, -0.2) is 47.5 Å². The van der Waals surface area contributed by atoms with Crippen molar-refractivity contribution in [3.63, 3.8) is 0 Å². The summed E-state index contributed by atoms with van der Waals surface area (Å²) < 4.78 is 26.2. The molecule has 0 saturated heterocycles. The van der Waals surface area contributed by atoms with Crippen molar-refractivity contribution < 1.29 is 28.2 Å². The first kappa shape index (κ1) is 18.1. The van der Waals surface area contributed by atoms with Gasteiger partial charge in [0.15, 0.2) is 0 Å². The zero-order chi connectivity index (χ0) is 17.2. The second-order valence-electron chi connectivity index (χ2n) is 4.96. The van der Waals surface area contributed by atoms with Crippen molar-refractivity contribution in [2.24, 2.45) is 0 Å². The Balaban J connectivity index is 3.54. The molecule has 0 fully saturated rings. The highest BCUT2D eigenvalue weighted by Crippen LogP contribution is 2.25. The van der Waals surface area contributed by atoms with Crippen molar-refractivity contribution in [1.82, 2.24) is 4.31 Å². The third-order valence-corrected chi connectivity index (χ3v) is 5.63. The fraction of sp³-hybridized carbons (Fsp3) is 0.429. The highest BCUT2D eigenvalue weighted by atomic mass is 32.2. The fourth-order valence-corrected chi connectivity index (χ4v) is 4.07. The van der Waals surface area contributed by atoms with Gasteiger partial charge in [-0.2, -0.15) is 4.31 Å². The molecule has 0 amide bonds. The number of aliphatic carboxylic acids is 1. The molecule has 2 N–H and O–H groups in total. The van der Waals surface area contributed by atoms with Crippen LogP contribution in [0.4, 0.5) is 0 Å². The van der Waals surface area contributed by atoms with Crippen molar-refractivity contribution in [3.05, 3.63) is 28.8 Å². The minimum Gasteiger partial charge on any atom is -0.480 e. The van der Waals surface area contributed by atoms with E-state index in [1.54, 1.807) is 13.8 Å². The Morgan fingerprint density at radius 3 is 2.14 bits per heavy atom. The van der Waals surface area contributed by atoms with Crippen LogP contribution >= 0.6 is 0 Å². The highest BCUT2D eigenvalue weighted by Gasteiger charge is 2.33. The molecule has 122 valence electrons. The number of carboxylic acids is 2. The van der Waals surface area contributed by atoms with Crippen molar-refractivity contribution in [2.75, 3.05) is 6.54 Å². The maximum atomic E-state index is 12.7. The molecule has 0 saturated carbocycles. The maximum absolute atomic E-state index is 12.7. The average Bonchev–Trinajstić information content (AvgIpc) is 2.37. The molecule has 0 aliphatic heterocycles. The van der Waals surface area contributed by atoms with E-state index < -0.39 is 28.0 Å². The molecule has 1 aromatic carbocycles. The predicted molar refractivity (Wildman–Crippen MR) is 79.5 cm³/mol. The minimum atomic E-state index is -4.11. The van der Waals surface area contributed by atoms with Crippen LogP contribution in [0.3, 0.4) is 0 Å². The first-order valence-electron chi connectivity index (χ1n) is 6.63. The molecule has 1 aromatic rings. The number of sulfonamides is 1. The van der Waals surface area contributed by atoms with Gasteiger partial charge in [-0.05, 0) is 38.0 Å². The van der Waals surface area contributed by atoms with Gasteiger partial charge in [-0.25, -0.2) is 13.2 Å². The topological polar surface area (TPSA) is 112 Å². The van der Waals surface area contributed by atoms with E-state index in [0.29, 0.717) is 11.1 Å². The van der Waals surface area contributed by atoms with Gasteiger partial charge in [-0.15, -0.1) is 0 Å². The lowest BCUT2D eigenvalue weighted by atomic mass is 10.1. The number of carboxylic acid groups (broad SMARTS) is 2. The SMILES string of the molecule is CCN(C(C)C(=O)O)S(=O)(=O)c1cc(C(=O)O)c(C)cc1C. The monoisotopic (exact) mass is 329 g/mol. The van der Waals surface area contributed by atoms with Crippen LogP contribution in [0.25, 0.3) is 0 Å². The summed E-state index contributed by atoms with van der Waals surface area (Å²) in [5.74, 6) is -2.50. The van der Waals surface area contributed by atoms with Gasteiger partial charge in [-0.1, -0.05) is 13.0 Å². The van der Waals surface area contributed by atoms with Crippen LogP contribution in [0.5, 0.6) is 0 Å². The standard InChI is InChI=1S/C14H19NO6S/c1-5-15(10(4)13(16)17)22(20,21)12-7-11(14(18)19)8(2)6-9(12)3/h6-7,10H,5H2,1-4H3,(H,16,17)(H,18,19). The minimum absolute atomic E-state index is 0.0362. The number of aryl methyl sites for hydroxylation is 2. The zero-order valence-corrected chi connectivity index (χ0v) is 13.6. The number of likely N-dealkylation sites (N-methyl/N-ethyl adjacent to an activating group) is 1. The molecule has 0 aliphatic rings. The molecule has 8 heteroatoms. The fourth-order valence-electron chi connectivity index (χ4n) is 2.24. The van der Waals surface area contributed by atoms with Crippen LogP contribution in [0.15, 0.2) is 17.0 Å². The Labute approximate surface area is 129 Å². The lowest BCUT2D eigenvalue weighted by molar-refractivity contribution is -0.140. The largest absolute Gasteiger partial charge is 0.480 e. The molecule has 0 bridgehead atoms. The summed E-state index contributed by atoms with van der Waals surface area (Å²) in [7, 11) is -4.11. The summed E-state index contributed by atoms with van der Waals surface area (Å²) >= 11 is 0. The highest BCUT2D eigenvalue weighted by molar-refractivity contribution is 7.89. The maximum Gasteiger partial charge on any atom is 0.335 e. The van der Waals surface area contributed by atoms with Crippen LogP contribution in [0.1, 0.15) is 35.3 Å². The molecule has 0 aromatic heterocycles. The molecule has 0 heterocycles. The van der Waals surface area contributed by atoms with Gasteiger partial charge >= 0.3 is 11.9 Å². The van der Waals surface area contributed by atoms with Crippen molar-refractivity contribution in [3.8, 4) is 0 Å². The summed E-state index contributed by atoms with van der Waals surface area (Å²) in [5.41, 5.74) is 0.694. The Bertz CT molecular complexity index is 710. The molecule has 22 heavy (non-hydrogen) atoms. The second-order valence-corrected chi connectivity index (χ2v) is 6.82. The molecule has 0 radical (unpaired) electrons. The third kappa shape index (κ3) is 3.28. The van der Waals surface area contributed by atoms with E-state index in [0.717, 1.165) is 10.4 Å². The average molecular weight is 329 g/mol. The first-order valence-corrected chi connectivity index (χ1v) is 8.07. The Morgan fingerprint density at radius 1 is 1.18 bits per heavy atom. The molecule has 7 nitrogen and oxygen atoms in total. The summed E-state index contributed by atoms with van der Waals surface area (Å²) in [6.45, 7) is 5.88. The molecular weight excluding hydrogens is 310 g/mol. The van der Waals surface area contributed by atoms with Gasteiger partial charge in [0.1, 0.15) is 6.04 Å². The van der Waals surface area contributed by atoms with Gasteiger partial charge in [0.05, 0.1) is 10.5 Å². The number of aromatic carboxylic acids is 1. The Kier molecular flexibility index (Phi) is 5.31. The number of benzene rings is 1. The van der Waals surface area contributed by atoms with E-state index in [2.05, 4.69) is 0 Å². The van der Waals surface area contributed by atoms with E-state index in [4.69, 9.17) is 10.2 Å². The number of carbonyl (C=O) groups is 2. The molecule has 0 aliphatic carbocycles. The molecular formula is C14H19NO6S. The second kappa shape index (κ2) is 6.45. The first-order chi connectivity index (χ1) is 10.0. The number of hydrogen-bond donors (Lipinski definition) is 2. The van der Waals surface area contributed by atoms with Crippen molar-refractivity contribution >= 4 is 22.0 Å². The van der Waals surface area contributed by atoms with Crippen molar-refractivity contribution in [2.45, 2.75) is 38.6 Å². The quantitative estimate of drug-likeness (QED) is 0.817. The van der Waals surface area contributed by atoms with E-state index in [1.165, 1.54) is 19.9 Å². The van der Waals surface area contributed by atoms with Gasteiger partial charge in [0.2, 0.25) is 10.0 Å². The van der Waals surface area contributed by atoms with E-state index in [9.17, 15) is 18.0 Å². The van der Waals surface area contributed by atoms with Crippen LogP contribution in [0, 0.1) is 13.8 Å². The van der Waals surface area contributed by atoms with E-state index >= 15 is 0 Å². The zero-order valence-electron chi connectivity index (χ0n) is 12.8. The third-order valence-electron chi connectivity index (χ3n) is 3.44. The Morgan fingerprint density at radius 2 is 1.73 bits per heavy atom. The van der Waals surface area contributed by atoms with Gasteiger partial charge in [0, 0.05) is 6.54 Å². The predicted octanol–water partition coefficient (Wildman–Crippen LogP) is 1.49. The lowest BCUT2D eigenvalue weighted by Crippen LogP contribution is -2.43. The van der Waals surface area contributed by atoms with Crippen LogP contribution in [0.2, 0.25) is 0 Å². The summed E-state index contributed by atoms with van der Waals surface area (Å²) in [6.07, 6.45) is 0. The number of rotatable bonds is 6. The molecule has 1 rings (SSSR count). The van der Waals surface area contributed by atoms with Crippen LogP contribution < -0.4 is 0 Å². The Hall–Kier alpha value is -1.93.